The lowest BCUT2D eigenvalue weighted by Gasteiger charge is -2.00. The van der Waals surface area contributed by atoms with Crippen LogP contribution in [0.2, 0.25) is 0 Å². The minimum absolute atomic E-state index is 1.00. The number of unbranched alkanes of at least 4 members (excludes halogenated alkanes) is 5. The van der Waals surface area contributed by atoms with Crippen LogP contribution in [0.1, 0.15) is 68.7 Å². The zero-order valence-electron chi connectivity index (χ0n) is 13.0. The first kappa shape index (κ1) is 18.2. The van der Waals surface area contributed by atoms with Crippen LogP contribution in [0.15, 0.2) is 9.85 Å². The van der Waals surface area contributed by atoms with E-state index in [2.05, 4.69) is 35.8 Å². The highest BCUT2D eigenvalue weighted by Gasteiger charge is 2.03. The van der Waals surface area contributed by atoms with Crippen LogP contribution >= 0.6 is 27.3 Å². The average molecular weight is 361 g/mol. The van der Waals surface area contributed by atoms with E-state index in [9.17, 15) is 0 Å². The van der Waals surface area contributed by atoms with Crippen molar-refractivity contribution in [3.05, 3.63) is 20.3 Å². The number of thiophene rings is 1. The molecular formula is C17H29BrOS. The Hall–Kier alpha value is 0.140. The first-order chi connectivity index (χ1) is 9.74. The third-order valence-electron chi connectivity index (χ3n) is 3.51. The maximum Gasteiger partial charge on any atom is 0.0733 e. The molecule has 0 aromatic carbocycles. The van der Waals surface area contributed by atoms with Gasteiger partial charge in [0.1, 0.15) is 0 Å². The topological polar surface area (TPSA) is 9.23 Å². The standard InChI is InChI=1S/C13H21BrS.C4H8O/c1-3-4-5-6-7-8-9-12-10-11(2)15-13(12)14;1-2-4-5-3-1/h10H,3-9H2,1-2H3;1-4H2. The minimum Gasteiger partial charge on any atom is -0.381 e. The van der Waals surface area contributed by atoms with Gasteiger partial charge in [-0.15, -0.1) is 11.3 Å². The van der Waals surface area contributed by atoms with Crippen molar-refractivity contribution < 1.29 is 4.74 Å². The van der Waals surface area contributed by atoms with E-state index in [1.807, 2.05) is 11.3 Å². The molecule has 1 saturated heterocycles. The molecule has 3 heteroatoms. The van der Waals surface area contributed by atoms with Crippen molar-refractivity contribution in [2.75, 3.05) is 13.2 Å². The lowest BCUT2D eigenvalue weighted by atomic mass is 10.1. The molecule has 0 atom stereocenters. The Balaban J connectivity index is 0.000000333. The van der Waals surface area contributed by atoms with Crippen LogP contribution in [0.5, 0.6) is 0 Å². The van der Waals surface area contributed by atoms with E-state index in [-0.39, 0.29) is 0 Å². The number of rotatable bonds is 7. The van der Waals surface area contributed by atoms with Gasteiger partial charge in [-0.1, -0.05) is 39.0 Å². The van der Waals surface area contributed by atoms with Crippen LogP contribution in [0, 0.1) is 6.92 Å². The molecule has 0 radical (unpaired) electrons. The molecule has 2 rings (SSSR count). The third-order valence-corrected chi connectivity index (χ3v) is 5.38. The lowest BCUT2D eigenvalue weighted by molar-refractivity contribution is 0.198. The molecule has 1 aliphatic rings. The fourth-order valence-electron chi connectivity index (χ4n) is 2.31. The predicted octanol–water partition coefficient (Wildman–Crippen LogP) is 6.52. The van der Waals surface area contributed by atoms with E-state index >= 15 is 0 Å². The molecule has 1 aromatic rings. The van der Waals surface area contributed by atoms with Gasteiger partial charge in [0.25, 0.3) is 0 Å². The largest absolute Gasteiger partial charge is 0.381 e. The van der Waals surface area contributed by atoms with Gasteiger partial charge in [0.2, 0.25) is 0 Å². The van der Waals surface area contributed by atoms with Crippen LogP contribution in [0.3, 0.4) is 0 Å². The summed E-state index contributed by atoms with van der Waals surface area (Å²) < 4.78 is 6.29. The van der Waals surface area contributed by atoms with Crippen molar-refractivity contribution in [3.63, 3.8) is 0 Å². The van der Waals surface area contributed by atoms with E-state index in [1.54, 1.807) is 0 Å². The molecule has 0 amide bonds. The molecule has 0 spiro atoms. The Labute approximate surface area is 137 Å². The zero-order chi connectivity index (χ0) is 14.6. The highest BCUT2D eigenvalue weighted by atomic mass is 79.9. The lowest BCUT2D eigenvalue weighted by Crippen LogP contribution is -1.84. The van der Waals surface area contributed by atoms with Gasteiger partial charge in [-0.2, -0.15) is 0 Å². The Morgan fingerprint density at radius 3 is 2.25 bits per heavy atom. The summed E-state index contributed by atoms with van der Waals surface area (Å²) in [6.07, 6.45) is 12.1. The fraction of sp³-hybridized carbons (Fsp3) is 0.765. The fourth-order valence-corrected chi connectivity index (χ4v) is 4.17. The Kier molecular flexibility index (Phi) is 10.7. The highest BCUT2D eigenvalue weighted by molar-refractivity contribution is 9.11. The first-order valence-corrected chi connectivity index (χ1v) is 9.67. The Bertz CT molecular complexity index is 337. The van der Waals surface area contributed by atoms with E-state index in [1.165, 1.54) is 72.0 Å². The molecule has 0 N–H and O–H groups in total. The normalized spacial score (nSPS) is 14.2. The SMILES string of the molecule is C1CCOC1.CCCCCCCCc1cc(C)sc1Br. The van der Waals surface area contributed by atoms with Crippen LogP contribution < -0.4 is 0 Å². The molecule has 1 nitrogen and oxygen atoms in total. The van der Waals surface area contributed by atoms with Crippen molar-refractivity contribution in [3.8, 4) is 0 Å². The second-order valence-corrected chi connectivity index (χ2v) is 8.07. The summed E-state index contributed by atoms with van der Waals surface area (Å²) in [5.74, 6) is 0. The van der Waals surface area contributed by atoms with Crippen LogP contribution in [-0.2, 0) is 11.2 Å². The summed E-state index contributed by atoms with van der Waals surface area (Å²) in [6.45, 7) is 6.45. The summed E-state index contributed by atoms with van der Waals surface area (Å²) in [7, 11) is 0. The maximum absolute atomic E-state index is 4.94. The van der Waals surface area contributed by atoms with Crippen molar-refractivity contribution >= 4 is 27.3 Å². The van der Waals surface area contributed by atoms with Crippen LogP contribution in [-0.4, -0.2) is 13.2 Å². The minimum atomic E-state index is 1.00. The van der Waals surface area contributed by atoms with Crippen molar-refractivity contribution in [2.45, 2.75) is 71.6 Å². The average Bonchev–Trinajstić information content (AvgIpc) is 3.08. The first-order valence-electron chi connectivity index (χ1n) is 8.06. The molecule has 2 heterocycles. The second kappa shape index (κ2) is 11.8. The molecule has 1 fully saturated rings. The summed E-state index contributed by atoms with van der Waals surface area (Å²) in [6, 6.07) is 2.32. The van der Waals surface area contributed by atoms with Gasteiger partial charge in [-0.3, -0.25) is 0 Å². The molecule has 0 saturated carbocycles. The van der Waals surface area contributed by atoms with E-state index in [0.717, 1.165) is 13.2 Å². The van der Waals surface area contributed by atoms with Gasteiger partial charge in [0, 0.05) is 18.1 Å². The zero-order valence-corrected chi connectivity index (χ0v) is 15.5. The van der Waals surface area contributed by atoms with Gasteiger partial charge in [0.05, 0.1) is 3.79 Å². The van der Waals surface area contributed by atoms with Gasteiger partial charge in [0.15, 0.2) is 0 Å². The van der Waals surface area contributed by atoms with Crippen molar-refractivity contribution in [1.29, 1.82) is 0 Å². The van der Waals surface area contributed by atoms with Gasteiger partial charge in [-0.25, -0.2) is 0 Å². The molecule has 0 unspecified atom stereocenters. The van der Waals surface area contributed by atoms with Gasteiger partial charge in [-0.05, 0) is 60.2 Å². The van der Waals surface area contributed by atoms with Crippen molar-refractivity contribution in [1.82, 2.24) is 0 Å². The molecule has 116 valence electrons. The van der Waals surface area contributed by atoms with Gasteiger partial charge < -0.3 is 4.74 Å². The molecular weight excluding hydrogens is 332 g/mol. The number of halogens is 1. The van der Waals surface area contributed by atoms with Crippen LogP contribution in [0.25, 0.3) is 0 Å². The third kappa shape index (κ3) is 8.43. The number of hydrogen-bond donors (Lipinski definition) is 0. The number of ether oxygens (including phenoxy) is 1. The molecule has 1 aromatic heterocycles. The predicted molar refractivity (Wildman–Crippen MR) is 93.9 cm³/mol. The second-order valence-electron chi connectivity index (χ2n) is 5.49. The van der Waals surface area contributed by atoms with E-state index < -0.39 is 0 Å². The highest BCUT2D eigenvalue weighted by Crippen LogP contribution is 2.28. The summed E-state index contributed by atoms with van der Waals surface area (Å²) in [5, 5.41) is 0. The summed E-state index contributed by atoms with van der Waals surface area (Å²) in [4.78, 5) is 1.42. The number of hydrogen-bond acceptors (Lipinski definition) is 2. The maximum atomic E-state index is 4.94. The quantitative estimate of drug-likeness (QED) is 0.503. The smallest absolute Gasteiger partial charge is 0.0733 e. The van der Waals surface area contributed by atoms with E-state index in [4.69, 9.17) is 4.74 Å². The molecule has 20 heavy (non-hydrogen) atoms. The monoisotopic (exact) mass is 360 g/mol. The van der Waals surface area contributed by atoms with Gasteiger partial charge >= 0.3 is 0 Å². The Morgan fingerprint density at radius 1 is 1.10 bits per heavy atom. The van der Waals surface area contributed by atoms with Crippen molar-refractivity contribution in [2.24, 2.45) is 0 Å². The van der Waals surface area contributed by atoms with E-state index in [0.29, 0.717) is 0 Å². The van der Waals surface area contributed by atoms with Crippen LogP contribution in [0.4, 0.5) is 0 Å². The molecule has 0 aliphatic carbocycles. The Morgan fingerprint density at radius 2 is 1.75 bits per heavy atom. The summed E-state index contributed by atoms with van der Waals surface area (Å²) in [5.41, 5.74) is 1.51. The number of aryl methyl sites for hydroxylation is 2. The molecule has 0 bridgehead atoms. The molecule has 1 aliphatic heterocycles. The summed E-state index contributed by atoms with van der Waals surface area (Å²) >= 11 is 5.49.